The number of halogens is 1. The summed E-state index contributed by atoms with van der Waals surface area (Å²) in [6.45, 7) is 6.83. The lowest BCUT2D eigenvalue weighted by Gasteiger charge is -2.24. The fraction of sp³-hybridized carbons (Fsp3) is 0.429. The first-order valence-corrected chi connectivity index (χ1v) is 6.38. The Labute approximate surface area is 117 Å². The number of fused-ring (bicyclic) bond motifs is 1. The Morgan fingerprint density at radius 1 is 1.32 bits per heavy atom. The number of benzene rings is 1. The number of carbonyl (C=O) groups excluding carboxylic acids is 2. The number of rotatable bonds is 0. The molecule has 0 fully saturated rings. The first-order valence-electron chi connectivity index (χ1n) is 6.00. The molecule has 0 saturated heterocycles. The minimum absolute atomic E-state index is 0.482. The number of para-hydroxylation sites is 1. The van der Waals surface area contributed by atoms with Crippen LogP contribution in [0, 0.1) is 0 Å². The Kier molecular flexibility index (Phi) is 3.09. The molecule has 0 saturated carbocycles. The summed E-state index contributed by atoms with van der Waals surface area (Å²) in [6, 6.07) is 6.96. The molecule has 19 heavy (non-hydrogen) atoms. The number of amides is 2. The predicted octanol–water partition coefficient (Wildman–Crippen LogP) is 3.42. The van der Waals surface area contributed by atoms with Crippen LogP contribution >= 0.6 is 11.6 Å². The molecule has 1 aromatic rings. The van der Waals surface area contributed by atoms with Crippen molar-refractivity contribution in [3.8, 4) is 0 Å². The second-order valence-electron chi connectivity index (χ2n) is 5.64. The van der Waals surface area contributed by atoms with Gasteiger partial charge >= 0.3 is 6.09 Å². The molecule has 0 aliphatic carbocycles. The first kappa shape index (κ1) is 13.9. The number of ether oxygens (including phenoxy) is 1. The highest BCUT2D eigenvalue weighted by Gasteiger charge is 2.49. The minimum atomic E-state index is -1.23. The highest BCUT2D eigenvalue weighted by molar-refractivity contribution is 6.42. The summed E-state index contributed by atoms with van der Waals surface area (Å²) in [5.41, 5.74) is 0.434. The average Bonchev–Trinajstić information content (AvgIpc) is 2.46. The van der Waals surface area contributed by atoms with Crippen LogP contribution in [0.3, 0.4) is 0 Å². The maximum Gasteiger partial charge on any atom is 0.421 e. The van der Waals surface area contributed by atoms with E-state index in [9.17, 15) is 9.59 Å². The molecule has 2 rings (SSSR count). The number of hydrogen-bond acceptors (Lipinski definition) is 3. The van der Waals surface area contributed by atoms with Gasteiger partial charge in [-0.3, -0.25) is 4.79 Å². The summed E-state index contributed by atoms with van der Waals surface area (Å²) >= 11 is 6.26. The van der Waals surface area contributed by atoms with Crippen LogP contribution in [0.2, 0.25) is 0 Å². The average molecular weight is 282 g/mol. The molecule has 1 aliphatic rings. The highest BCUT2D eigenvalue weighted by atomic mass is 35.5. The summed E-state index contributed by atoms with van der Waals surface area (Å²) in [5, 5.41) is 0. The van der Waals surface area contributed by atoms with E-state index in [1.54, 1.807) is 52.0 Å². The zero-order chi connectivity index (χ0) is 14.4. The van der Waals surface area contributed by atoms with Gasteiger partial charge in [-0.2, -0.15) is 0 Å². The van der Waals surface area contributed by atoms with Crippen molar-refractivity contribution in [2.75, 3.05) is 4.90 Å². The SMILES string of the molecule is CC(C)(C)OC(=O)N1C(=O)[C@](C)(Cl)c2ccccc21. The molecule has 1 aromatic carbocycles. The van der Waals surface area contributed by atoms with Gasteiger partial charge in [0.15, 0.2) is 0 Å². The van der Waals surface area contributed by atoms with Gasteiger partial charge in [-0.1, -0.05) is 18.2 Å². The van der Waals surface area contributed by atoms with E-state index in [0.717, 1.165) is 4.90 Å². The number of hydrogen-bond donors (Lipinski definition) is 0. The van der Waals surface area contributed by atoms with Crippen molar-refractivity contribution in [3.63, 3.8) is 0 Å². The molecule has 5 heteroatoms. The second kappa shape index (κ2) is 4.23. The van der Waals surface area contributed by atoms with E-state index in [1.807, 2.05) is 0 Å². The lowest BCUT2D eigenvalue weighted by Crippen LogP contribution is -2.42. The number of nitrogens with zero attached hydrogens (tertiary/aromatic N) is 1. The maximum atomic E-state index is 12.3. The summed E-state index contributed by atoms with van der Waals surface area (Å²) in [6.07, 6.45) is -0.700. The third-order valence-corrected chi connectivity index (χ3v) is 3.20. The smallest absolute Gasteiger partial charge is 0.421 e. The van der Waals surface area contributed by atoms with Crippen molar-refractivity contribution in [2.24, 2.45) is 0 Å². The van der Waals surface area contributed by atoms with Gasteiger partial charge in [0.2, 0.25) is 0 Å². The van der Waals surface area contributed by atoms with E-state index in [4.69, 9.17) is 16.3 Å². The molecule has 0 spiro atoms. The predicted molar refractivity (Wildman–Crippen MR) is 73.4 cm³/mol. The van der Waals surface area contributed by atoms with Gasteiger partial charge in [-0.15, -0.1) is 11.6 Å². The topological polar surface area (TPSA) is 46.6 Å². The number of imide groups is 1. The molecule has 1 heterocycles. The van der Waals surface area contributed by atoms with Crippen LogP contribution in [0.5, 0.6) is 0 Å². The molecular weight excluding hydrogens is 266 g/mol. The first-order chi connectivity index (χ1) is 8.64. The minimum Gasteiger partial charge on any atom is -0.443 e. The molecule has 1 aliphatic heterocycles. The van der Waals surface area contributed by atoms with Crippen LogP contribution in [-0.4, -0.2) is 17.6 Å². The summed E-state index contributed by atoms with van der Waals surface area (Å²) in [4.78, 5) is 24.2. The fourth-order valence-corrected chi connectivity index (χ4v) is 2.23. The van der Waals surface area contributed by atoms with Gasteiger partial charge in [-0.05, 0) is 33.8 Å². The molecule has 1 atom stereocenters. The lowest BCUT2D eigenvalue weighted by molar-refractivity contribution is -0.119. The van der Waals surface area contributed by atoms with Crippen molar-refractivity contribution in [3.05, 3.63) is 29.8 Å². The van der Waals surface area contributed by atoms with Crippen molar-refractivity contribution in [1.82, 2.24) is 0 Å². The summed E-state index contributed by atoms with van der Waals surface area (Å²) in [5.74, 6) is -0.482. The van der Waals surface area contributed by atoms with Crippen LogP contribution in [0.25, 0.3) is 0 Å². The highest BCUT2D eigenvalue weighted by Crippen LogP contribution is 2.44. The van der Waals surface area contributed by atoms with Gasteiger partial charge in [0.1, 0.15) is 10.5 Å². The van der Waals surface area contributed by atoms with Crippen molar-refractivity contribution >= 4 is 29.3 Å². The lowest BCUT2D eigenvalue weighted by atomic mass is 10.0. The van der Waals surface area contributed by atoms with Crippen LogP contribution < -0.4 is 4.90 Å². The molecular formula is C14H16ClNO3. The summed E-state index contributed by atoms with van der Waals surface area (Å²) < 4.78 is 5.25. The van der Waals surface area contributed by atoms with Gasteiger partial charge in [0, 0.05) is 5.56 Å². The van der Waals surface area contributed by atoms with E-state index in [2.05, 4.69) is 0 Å². The molecule has 0 unspecified atom stereocenters. The van der Waals surface area contributed by atoms with Gasteiger partial charge in [-0.25, -0.2) is 9.69 Å². The zero-order valence-electron chi connectivity index (χ0n) is 11.4. The van der Waals surface area contributed by atoms with Crippen LogP contribution in [0.1, 0.15) is 33.3 Å². The van der Waals surface area contributed by atoms with Crippen molar-refractivity contribution in [1.29, 1.82) is 0 Å². The van der Waals surface area contributed by atoms with E-state index in [1.165, 1.54) is 0 Å². The van der Waals surface area contributed by atoms with Crippen LogP contribution in [-0.2, 0) is 14.4 Å². The van der Waals surface area contributed by atoms with Gasteiger partial charge < -0.3 is 4.74 Å². The molecule has 4 nitrogen and oxygen atoms in total. The third kappa shape index (κ3) is 2.32. The maximum absolute atomic E-state index is 12.3. The van der Waals surface area contributed by atoms with E-state index < -0.39 is 22.5 Å². The zero-order valence-corrected chi connectivity index (χ0v) is 12.1. The molecule has 0 N–H and O–H groups in total. The van der Waals surface area contributed by atoms with Gasteiger partial charge in [0.25, 0.3) is 5.91 Å². The van der Waals surface area contributed by atoms with E-state index in [-0.39, 0.29) is 0 Å². The Hall–Kier alpha value is -1.55. The Morgan fingerprint density at radius 3 is 2.47 bits per heavy atom. The molecule has 2 amide bonds. The Bertz CT molecular complexity index is 546. The van der Waals surface area contributed by atoms with E-state index >= 15 is 0 Å². The van der Waals surface area contributed by atoms with Crippen LogP contribution in [0.15, 0.2) is 24.3 Å². The molecule has 0 radical (unpaired) electrons. The Morgan fingerprint density at radius 2 is 1.89 bits per heavy atom. The monoisotopic (exact) mass is 281 g/mol. The normalized spacial score (nSPS) is 22.4. The molecule has 0 bridgehead atoms. The molecule has 102 valence electrons. The number of anilines is 1. The molecule has 0 aromatic heterocycles. The Balaban J connectivity index is 2.43. The van der Waals surface area contributed by atoms with Crippen molar-refractivity contribution < 1.29 is 14.3 Å². The fourth-order valence-electron chi connectivity index (χ4n) is 1.99. The van der Waals surface area contributed by atoms with Crippen LogP contribution in [0.4, 0.5) is 10.5 Å². The third-order valence-electron chi connectivity index (χ3n) is 2.83. The standard InChI is InChI=1S/C14H16ClNO3/c1-13(2,3)19-12(18)16-10-8-6-5-7-9(10)14(4,15)11(16)17/h5-8H,1-4H3/t14-/m1/s1. The quantitative estimate of drug-likeness (QED) is 0.685. The van der Waals surface area contributed by atoms with Gasteiger partial charge in [0.05, 0.1) is 5.69 Å². The number of carbonyl (C=O) groups is 2. The van der Waals surface area contributed by atoms with E-state index in [0.29, 0.717) is 11.3 Å². The summed E-state index contributed by atoms with van der Waals surface area (Å²) in [7, 11) is 0. The number of alkyl halides is 1. The second-order valence-corrected chi connectivity index (χ2v) is 6.40. The largest absolute Gasteiger partial charge is 0.443 e. The van der Waals surface area contributed by atoms with Crippen molar-refractivity contribution in [2.45, 2.75) is 38.2 Å².